The van der Waals surface area contributed by atoms with E-state index in [0.29, 0.717) is 11.4 Å². The molecule has 2 aromatic carbocycles. The van der Waals surface area contributed by atoms with Gasteiger partial charge in [-0.3, -0.25) is 4.79 Å². The fraction of sp³-hybridized carbons (Fsp3) is 0.133. The number of benzene rings is 2. The highest BCUT2D eigenvalue weighted by Gasteiger charge is 2.12. The van der Waals surface area contributed by atoms with E-state index in [2.05, 4.69) is 5.32 Å². The van der Waals surface area contributed by atoms with Gasteiger partial charge >= 0.3 is 0 Å². The van der Waals surface area contributed by atoms with Gasteiger partial charge in [0.15, 0.2) is 0 Å². The average Bonchev–Trinajstić information content (AvgIpc) is 2.43. The van der Waals surface area contributed by atoms with Crippen LogP contribution < -0.4 is 15.8 Å². The van der Waals surface area contributed by atoms with Crippen molar-refractivity contribution < 1.29 is 13.9 Å². The van der Waals surface area contributed by atoms with Crippen molar-refractivity contribution in [2.24, 2.45) is 0 Å². The number of ether oxygens (including phenoxy) is 1. The van der Waals surface area contributed by atoms with Crippen LogP contribution in [0, 0.1) is 12.7 Å². The van der Waals surface area contributed by atoms with Crippen LogP contribution in [-0.2, 0) is 0 Å². The van der Waals surface area contributed by atoms with Crippen LogP contribution in [0.25, 0.3) is 0 Å². The quantitative estimate of drug-likeness (QED) is 0.846. The predicted molar refractivity (Wildman–Crippen MR) is 76.5 cm³/mol. The summed E-state index contributed by atoms with van der Waals surface area (Å²) in [5.41, 5.74) is 7.49. The Hall–Kier alpha value is -2.56. The second-order valence-electron chi connectivity index (χ2n) is 4.37. The number of nitrogens with two attached hydrogens (primary N) is 1. The van der Waals surface area contributed by atoms with Gasteiger partial charge in [0.1, 0.15) is 11.6 Å². The van der Waals surface area contributed by atoms with Crippen molar-refractivity contribution in [1.82, 2.24) is 0 Å². The molecule has 0 radical (unpaired) electrons. The molecule has 0 heterocycles. The Morgan fingerprint density at radius 1 is 1.25 bits per heavy atom. The Morgan fingerprint density at radius 2 is 2.00 bits per heavy atom. The lowest BCUT2D eigenvalue weighted by atomic mass is 10.1. The van der Waals surface area contributed by atoms with Crippen molar-refractivity contribution in [3.05, 3.63) is 53.3 Å². The molecule has 0 saturated carbocycles. The maximum absolute atomic E-state index is 13.2. The summed E-state index contributed by atoms with van der Waals surface area (Å²) in [6, 6.07) is 8.95. The molecule has 0 aliphatic carbocycles. The van der Waals surface area contributed by atoms with E-state index < -0.39 is 11.7 Å². The first kappa shape index (κ1) is 13.9. The molecule has 0 spiro atoms. The van der Waals surface area contributed by atoms with Crippen molar-refractivity contribution in [1.29, 1.82) is 0 Å². The van der Waals surface area contributed by atoms with Crippen LogP contribution in [-0.4, -0.2) is 13.0 Å². The lowest BCUT2D eigenvalue weighted by Gasteiger charge is -2.11. The van der Waals surface area contributed by atoms with Crippen molar-refractivity contribution in [3.8, 4) is 5.75 Å². The molecule has 1 amide bonds. The molecular weight excluding hydrogens is 259 g/mol. The molecule has 0 atom stereocenters. The first-order valence-corrected chi connectivity index (χ1v) is 6.02. The number of nitrogens with one attached hydrogen (secondary N) is 1. The van der Waals surface area contributed by atoms with Crippen LogP contribution in [0.15, 0.2) is 36.4 Å². The molecule has 0 aromatic heterocycles. The number of nitrogen functional groups attached to an aromatic ring is 1. The summed E-state index contributed by atoms with van der Waals surface area (Å²) in [5, 5.41) is 2.70. The SMILES string of the molecule is COc1ccc(NC(=O)c2cc(F)ccc2N)c(C)c1. The fourth-order valence-electron chi connectivity index (χ4n) is 1.82. The highest BCUT2D eigenvalue weighted by Crippen LogP contribution is 2.22. The Kier molecular flexibility index (Phi) is 3.89. The Balaban J connectivity index is 2.25. The highest BCUT2D eigenvalue weighted by atomic mass is 19.1. The average molecular weight is 274 g/mol. The number of anilines is 2. The molecule has 3 N–H and O–H groups in total. The summed E-state index contributed by atoms with van der Waals surface area (Å²) in [6.45, 7) is 1.84. The number of rotatable bonds is 3. The smallest absolute Gasteiger partial charge is 0.257 e. The lowest BCUT2D eigenvalue weighted by Crippen LogP contribution is -2.15. The third-order valence-electron chi connectivity index (χ3n) is 2.94. The molecule has 0 aliphatic rings. The van der Waals surface area contributed by atoms with Crippen LogP contribution >= 0.6 is 0 Å². The van der Waals surface area contributed by atoms with Crippen LogP contribution in [0.4, 0.5) is 15.8 Å². The molecule has 0 fully saturated rings. The molecule has 104 valence electrons. The molecule has 2 rings (SSSR count). The molecule has 2 aromatic rings. The molecule has 0 aliphatic heterocycles. The Bertz CT molecular complexity index is 656. The van der Waals surface area contributed by atoms with Gasteiger partial charge in [-0.15, -0.1) is 0 Å². The molecule has 0 unspecified atom stereocenters. The maximum atomic E-state index is 13.2. The van der Waals surface area contributed by atoms with Crippen LogP contribution in [0.2, 0.25) is 0 Å². The third-order valence-corrected chi connectivity index (χ3v) is 2.94. The van der Waals surface area contributed by atoms with E-state index >= 15 is 0 Å². The van der Waals surface area contributed by atoms with Crippen molar-refractivity contribution in [2.45, 2.75) is 6.92 Å². The predicted octanol–water partition coefficient (Wildman–Crippen LogP) is 2.98. The van der Waals surface area contributed by atoms with Gasteiger partial charge in [0.2, 0.25) is 0 Å². The standard InChI is InChI=1S/C15H15FN2O2/c1-9-7-11(20-2)4-6-14(9)18-15(19)12-8-10(16)3-5-13(12)17/h3-8H,17H2,1-2H3,(H,18,19). The van der Waals surface area contributed by atoms with Gasteiger partial charge in [0, 0.05) is 11.4 Å². The molecule has 0 saturated heterocycles. The third kappa shape index (κ3) is 2.88. The van der Waals surface area contributed by atoms with E-state index in [-0.39, 0.29) is 11.3 Å². The molecular formula is C15H15FN2O2. The second-order valence-corrected chi connectivity index (χ2v) is 4.37. The highest BCUT2D eigenvalue weighted by molar-refractivity contribution is 6.08. The minimum Gasteiger partial charge on any atom is -0.497 e. The number of halogens is 1. The zero-order chi connectivity index (χ0) is 14.7. The summed E-state index contributed by atoms with van der Waals surface area (Å²) in [4.78, 5) is 12.1. The summed E-state index contributed by atoms with van der Waals surface area (Å²) < 4.78 is 18.3. The van der Waals surface area contributed by atoms with Gasteiger partial charge in [-0.05, 0) is 48.9 Å². The minimum atomic E-state index is -0.504. The molecule has 4 nitrogen and oxygen atoms in total. The fourth-order valence-corrected chi connectivity index (χ4v) is 1.82. The molecule has 20 heavy (non-hydrogen) atoms. The van der Waals surface area contributed by atoms with E-state index in [1.165, 1.54) is 12.1 Å². The minimum absolute atomic E-state index is 0.111. The van der Waals surface area contributed by atoms with E-state index in [4.69, 9.17) is 10.5 Å². The van der Waals surface area contributed by atoms with E-state index in [1.54, 1.807) is 25.3 Å². The number of carbonyl (C=O) groups is 1. The summed E-state index contributed by atoms with van der Waals surface area (Å²) in [5.74, 6) is -0.253. The first-order chi connectivity index (χ1) is 9.51. The van der Waals surface area contributed by atoms with Crippen molar-refractivity contribution in [3.63, 3.8) is 0 Å². The topological polar surface area (TPSA) is 64.3 Å². The van der Waals surface area contributed by atoms with Gasteiger partial charge in [0.25, 0.3) is 5.91 Å². The number of methoxy groups -OCH3 is 1. The summed E-state index contributed by atoms with van der Waals surface area (Å²) in [6.07, 6.45) is 0. The lowest BCUT2D eigenvalue weighted by molar-refractivity contribution is 0.102. The maximum Gasteiger partial charge on any atom is 0.257 e. The van der Waals surface area contributed by atoms with Crippen LogP contribution in [0.1, 0.15) is 15.9 Å². The zero-order valence-corrected chi connectivity index (χ0v) is 11.2. The van der Waals surface area contributed by atoms with E-state index in [9.17, 15) is 9.18 Å². The normalized spacial score (nSPS) is 10.2. The number of hydrogen-bond donors (Lipinski definition) is 2. The number of amides is 1. The number of carbonyl (C=O) groups excluding carboxylic acids is 1. The van der Waals surface area contributed by atoms with Gasteiger partial charge in [0.05, 0.1) is 12.7 Å². The van der Waals surface area contributed by atoms with Gasteiger partial charge in [-0.25, -0.2) is 4.39 Å². The van der Waals surface area contributed by atoms with Crippen LogP contribution in [0.3, 0.4) is 0 Å². The molecule has 5 heteroatoms. The number of hydrogen-bond acceptors (Lipinski definition) is 3. The summed E-state index contributed by atoms with van der Waals surface area (Å²) in [7, 11) is 1.57. The Morgan fingerprint density at radius 3 is 2.65 bits per heavy atom. The van der Waals surface area contributed by atoms with E-state index in [0.717, 1.165) is 11.6 Å². The second kappa shape index (κ2) is 5.61. The number of aryl methyl sites for hydroxylation is 1. The Labute approximate surface area is 116 Å². The summed E-state index contributed by atoms with van der Waals surface area (Å²) >= 11 is 0. The van der Waals surface area contributed by atoms with E-state index in [1.807, 2.05) is 6.92 Å². The van der Waals surface area contributed by atoms with Gasteiger partial charge in [-0.1, -0.05) is 0 Å². The van der Waals surface area contributed by atoms with Crippen molar-refractivity contribution in [2.75, 3.05) is 18.2 Å². The molecule has 0 bridgehead atoms. The van der Waals surface area contributed by atoms with Crippen molar-refractivity contribution >= 4 is 17.3 Å². The largest absolute Gasteiger partial charge is 0.497 e. The van der Waals surface area contributed by atoms with Gasteiger partial charge < -0.3 is 15.8 Å². The monoisotopic (exact) mass is 274 g/mol. The zero-order valence-electron chi connectivity index (χ0n) is 11.2. The first-order valence-electron chi connectivity index (χ1n) is 6.02. The van der Waals surface area contributed by atoms with Gasteiger partial charge in [-0.2, -0.15) is 0 Å². The van der Waals surface area contributed by atoms with Crippen LogP contribution in [0.5, 0.6) is 5.75 Å².